The molecule has 0 spiro atoms. The number of unbranched alkanes of at least 4 members (excludes halogenated alkanes) is 1. The van der Waals surface area contributed by atoms with Crippen LogP contribution in [0.4, 0.5) is 0 Å². The zero-order chi connectivity index (χ0) is 21.3. The molecule has 1 fully saturated rings. The third kappa shape index (κ3) is 5.82. The van der Waals surface area contributed by atoms with Crippen LogP contribution in [-0.4, -0.2) is 69.8 Å². The number of hydrogen-bond donors (Lipinski definition) is 1. The fourth-order valence-corrected chi connectivity index (χ4v) is 4.14. The number of aliphatic imine (C=N–C) groups is 1. The fraction of sp³-hybridized carbons (Fsp3) is 0.458. The molecule has 4 rings (SSSR count). The van der Waals surface area contributed by atoms with Crippen LogP contribution in [0.3, 0.4) is 0 Å². The van der Waals surface area contributed by atoms with Crippen LogP contribution in [0.2, 0.25) is 0 Å². The summed E-state index contributed by atoms with van der Waals surface area (Å²) < 4.78 is 2.02. The van der Waals surface area contributed by atoms with E-state index >= 15 is 0 Å². The monoisotopic (exact) mass is 419 g/mol. The van der Waals surface area contributed by atoms with E-state index in [4.69, 9.17) is 4.99 Å². The third-order valence-electron chi connectivity index (χ3n) is 5.83. The second-order valence-corrected chi connectivity index (χ2v) is 8.04. The van der Waals surface area contributed by atoms with Gasteiger partial charge in [0.15, 0.2) is 5.96 Å². The molecule has 2 aromatic carbocycles. The van der Waals surface area contributed by atoms with Crippen molar-refractivity contribution in [3.05, 3.63) is 60.7 Å². The Morgan fingerprint density at radius 3 is 2.55 bits per heavy atom. The molecule has 1 N–H and O–H groups in total. The molecule has 7 heteroatoms. The number of nitrogens with one attached hydrogen (secondary N) is 1. The highest BCUT2D eigenvalue weighted by Crippen LogP contribution is 2.20. The second kappa shape index (κ2) is 10.9. The number of rotatable bonds is 8. The van der Waals surface area contributed by atoms with Crippen molar-refractivity contribution in [2.45, 2.75) is 32.9 Å². The minimum Gasteiger partial charge on any atom is -0.357 e. The largest absolute Gasteiger partial charge is 0.357 e. The summed E-state index contributed by atoms with van der Waals surface area (Å²) in [4.78, 5) is 9.84. The van der Waals surface area contributed by atoms with Gasteiger partial charge in [0.05, 0.1) is 0 Å². The molecule has 0 radical (unpaired) electrons. The molecule has 1 aromatic heterocycles. The molecule has 0 amide bonds. The third-order valence-corrected chi connectivity index (χ3v) is 5.83. The Kier molecular flexibility index (Phi) is 7.50. The summed E-state index contributed by atoms with van der Waals surface area (Å²) in [6.07, 6.45) is 5.68. The van der Waals surface area contributed by atoms with E-state index in [9.17, 15) is 0 Å². The lowest BCUT2D eigenvalue weighted by molar-refractivity contribution is 0.173. The predicted molar refractivity (Wildman–Crippen MR) is 126 cm³/mol. The van der Waals surface area contributed by atoms with Crippen LogP contribution >= 0.6 is 0 Å². The number of hydrogen-bond acceptors (Lipinski definition) is 4. The molecule has 164 valence electrons. The first-order chi connectivity index (χ1) is 15.3. The number of guanidine groups is 1. The van der Waals surface area contributed by atoms with Gasteiger partial charge in [0.1, 0.15) is 12.7 Å². The highest BCUT2D eigenvalue weighted by Gasteiger charge is 2.20. The van der Waals surface area contributed by atoms with E-state index in [1.807, 2.05) is 4.57 Å². The Hall–Kier alpha value is -2.93. The predicted octanol–water partition coefficient (Wildman–Crippen LogP) is 2.99. The number of piperazine rings is 1. The van der Waals surface area contributed by atoms with Crippen molar-refractivity contribution in [1.82, 2.24) is 29.9 Å². The van der Waals surface area contributed by atoms with Gasteiger partial charge in [0.2, 0.25) is 0 Å². The number of fused-ring (bicyclic) bond motifs is 1. The Bertz CT molecular complexity index is 954. The molecule has 1 aliphatic heterocycles. The van der Waals surface area contributed by atoms with Crippen molar-refractivity contribution >= 4 is 16.7 Å². The molecule has 0 saturated carbocycles. The summed E-state index contributed by atoms with van der Waals surface area (Å²) in [6, 6.07) is 15.3. The van der Waals surface area contributed by atoms with Crippen molar-refractivity contribution in [3.63, 3.8) is 0 Å². The Labute approximate surface area is 184 Å². The number of nitrogens with zero attached hydrogens (tertiary/aromatic N) is 6. The van der Waals surface area contributed by atoms with E-state index in [1.54, 1.807) is 12.7 Å². The van der Waals surface area contributed by atoms with Crippen molar-refractivity contribution in [2.24, 2.45) is 4.99 Å². The quantitative estimate of drug-likeness (QED) is 0.346. The van der Waals surface area contributed by atoms with Gasteiger partial charge < -0.3 is 14.8 Å². The minimum absolute atomic E-state index is 0.848. The standard InChI is InChI=1S/C24H33N7/c1-2-25-24(26-12-5-6-13-30-19-27-28-20-30)31-16-14-29(15-17-31)18-22-10-7-9-21-8-3-4-11-23(21)22/h3-4,7-11,19-20H,2,5-6,12-18H2,1H3,(H,25,26). The molecule has 1 saturated heterocycles. The molecule has 1 aliphatic rings. The first-order valence-corrected chi connectivity index (χ1v) is 11.4. The van der Waals surface area contributed by atoms with Gasteiger partial charge in [-0.25, -0.2) is 0 Å². The first-order valence-electron chi connectivity index (χ1n) is 11.4. The Balaban J connectivity index is 1.27. The molecule has 2 heterocycles. The van der Waals surface area contributed by atoms with E-state index in [0.717, 1.165) is 71.2 Å². The maximum absolute atomic E-state index is 4.88. The zero-order valence-corrected chi connectivity index (χ0v) is 18.5. The maximum atomic E-state index is 4.88. The lowest BCUT2D eigenvalue weighted by Gasteiger charge is -2.36. The maximum Gasteiger partial charge on any atom is 0.194 e. The van der Waals surface area contributed by atoms with Crippen molar-refractivity contribution in [1.29, 1.82) is 0 Å². The molecule has 0 unspecified atom stereocenters. The summed E-state index contributed by atoms with van der Waals surface area (Å²) in [5.41, 5.74) is 1.42. The van der Waals surface area contributed by atoms with E-state index in [0.29, 0.717) is 0 Å². The Morgan fingerprint density at radius 2 is 1.74 bits per heavy atom. The van der Waals surface area contributed by atoms with Crippen LogP contribution in [0.15, 0.2) is 60.1 Å². The zero-order valence-electron chi connectivity index (χ0n) is 18.5. The molecular weight excluding hydrogens is 386 g/mol. The molecule has 0 bridgehead atoms. The van der Waals surface area contributed by atoms with Gasteiger partial charge in [-0.05, 0) is 36.1 Å². The van der Waals surface area contributed by atoms with Crippen molar-refractivity contribution in [2.75, 3.05) is 39.3 Å². The average molecular weight is 420 g/mol. The lowest BCUT2D eigenvalue weighted by atomic mass is 10.0. The van der Waals surface area contributed by atoms with Crippen molar-refractivity contribution < 1.29 is 0 Å². The average Bonchev–Trinajstić information content (AvgIpc) is 3.33. The molecule has 3 aromatic rings. The van der Waals surface area contributed by atoms with Gasteiger partial charge in [-0.3, -0.25) is 9.89 Å². The first kappa shape index (κ1) is 21.3. The van der Waals surface area contributed by atoms with Crippen LogP contribution in [-0.2, 0) is 13.1 Å². The van der Waals surface area contributed by atoms with Crippen LogP contribution < -0.4 is 5.32 Å². The van der Waals surface area contributed by atoms with Crippen LogP contribution in [0.1, 0.15) is 25.3 Å². The summed E-state index contributed by atoms with van der Waals surface area (Å²) in [5.74, 6) is 1.05. The number of aromatic nitrogens is 3. The fourth-order valence-electron chi connectivity index (χ4n) is 4.14. The van der Waals surface area contributed by atoms with E-state index < -0.39 is 0 Å². The second-order valence-electron chi connectivity index (χ2n) is 8.04. The highest BCUT2D eigenvalue weighted by atomic mass is 15.3. The van der Waals surface area contributed by atoms with Gasteiger partial charge in [-0.2, -0.15) is 0 Å². The van der Waals surface area contributed by atoms with Crippen LogP contribution in [0, 0.1) is 0 Å². The van der Waals surface area contributed by atoms with Crippen molar-refractivity contribution in [3.8, 4) is 0 Å². The summed E-state index contributed by atoms with van der Waals surface area (Å²) in [7, 11) is 0. The van der Waals surface area contributed by atoms with Gasteiger partial charge in [0.25, 0.3) is 0 Å². The molecule has 31 heavy (non-hydrogen) atoms. The van der Waals surface area contributed by atoms with Gasteiger partial charge in [-0.15, -0.1) is 10.2 Å². The summed E-state index contributed by atoms with van der Waals surface area (Å²) in [5, 5.41) is 13.9. The number of aryl methyl sites for hydroxylation is 1. The normalized spacial score (nSPS) is 15.5. The van der Waals surface area contributed by atoms with Gasteiger partial charge in [0, 0.05) is 52.4 Å². The van der Waals surface area contributed by atoms with Crippen LogP contribution in [0.5, 0.6) is 0 Å². The minimum atomic E-state index is 0.848. The van der Waals surface area contributed by atoms with E-state index in [1.165, 1.54) is 16.3 Å². The topological polar surface area (TPSA) is 61.6 Å². The SMILES string of the molecule is CCNC(=NCCCCn1cnnc1)N1CCN(Cc2cccc3ccccc23)CC1. The molecule has 0 aliphatic carbocycles. The summed E-state index contributed by atoms with van der Waals surface area (Å²) in [6.45, 7) is 9.98. The summed E-state index contributed by atoms with van der Waals surface area (Å²) >= 11 is 0. The van der Waals surface area contributed by atoms with Gasteiger partial charge in [-0.1, -0.05) is 42.5 Å². The highest BCUT2D eigenvalue weighted by molar-refractivity contribution is 5.85. The van der Waals surface area contributed by atoms with Gasteiger partial charge >= 0.3 is 0 Å². The van der Waals surface area contributed by atoms with E-state index in [2.05, 4.69) is 74.7 Å². The lowest BCUT2D eigenvalue weighted by Crippen LogP contribution is -2.52. The smallest absolute Gasteiger partial charge is 0.194 e. The van der Waals surface area contributed by atoms with Crippen LogP contribution in [0.25, 0.3) is 10.8 Å². The number of benzene rings is 2. The van der Waals surface area contributed by atoms with E-state index in [-0.39, 0.29) is 0 Å². The molecular formula is C24H33N7. The Morgan fingerprint density at radius 1 is 0.968 bits per heavy atom. The molecule has 0 atom stereocenters. The molecule has 7 nitrogen and oxygen atoms in total.